The Kier molecular flexibility index (Phi) is 6.17. The van der Waals surface area contributed by atoms with E-state index in [0.717, 1.165) is 11.1 Å². The molecule has 1 aliphatic rings. The lowest BCUT2D eigenvalue weighted by molar-refractivity contribution is 0.284. The minimum atomic E-state index is -0.516. The maximum atomic E-state index is 9.84. The molecule has 8 heteroatoms. The molecule has 0 spiro atoms. The Morgan fingerprint density at radius 3 is 2.56 bits per heavy atom. The molecule has 3 N–H and O–H groups in total. The molecule has 0 amide bonds. The highest BCUT2D eigenvalue weighted by Gasteiger charge is 2.33. The van der Waals surface area contributed by atoms with Crippen LogP contribution in [-0.2, 0) is 6.61 Å². The fourth-order valence-corrected chi connectivity index (χ4v) is 4.23. The molecule has 0 bridgehead atoms. The molecule has 0 aliphatic carbocycles. The lowest BCUT2D eigenvalue weighted by atomic mass is 9.83. The molecule has 4 rings (SSSR count). The summed E-state index contributed by atoms with van der Waals surface area (Å²) in [7, 11) is 1.55. The van der Waals surface area contributed by atoms with Gasteiger partial charge in [-0.1, -0.05) is 45.7 Å². The van der Waals surface area contributed by atoms with Gasteiger partial charge in [-0.3, -0.25) is 0 Å². The van der Waals surface area contributed by atoms with Crippen molar-refractivity contribution in [2.45, 2.75) is 12.5 Å². The minimum Gasteiger partial charge on any atom is -0.508 e. The zero-order valence-electron chi connectivity index (χ0n) is 16.9. The molecule has 0 fully saturated rings. The Labute approximate surface area is 198 Å². The largest absolute Gasteiger partial charge is 0.508 e. The lowest BCUT2D eigenvalue weighted by Crippen LogP contribution is -2.21. The number of ether oxygens (including phenoxy) is 3. The molecule has 3 aromatic carbocycles. The molecular weight excluding hydrogens is 496 g/mol. The van der Waals surface area contributed by atoms with Gasteiger partial charge in [0.2, 0.25) is 5.88 Å². The van der Waals surface area contributed by atoms with Crippen LogP contribution in [0, 0.1) is 11.3 Å². The number of methoxy groups -OCH3 is 1. The molecule has 0 saturated carbocycles. The number of nitrogens with two attached hydrogens (primary N) is 1. The highest BCUT2D eigenvalue weighted by molar-refractivity contribution is 9.10. The number of halogens is 2. The van der Waals surface area contributed by atoms with Crippen molar-refractivity contribution >= 4 is 27.5 Å². The summed E-state index contributed by atoms with van der Waals surface area (Å²) in [6, 6.07) is 17.9. The van der Waals surface area contributed by atoms with Crippen molar-refractivity contribution < 1.29 is 19.3 Å². The van der Waals surface area contributed by atoms with Crippen molar-refractivity contribution in [2.24, 2.45) is 5.73 Å². The number of allylic oxidation sites excluding steroid dienone is 1. The van der Waals surface area contributed by atoms with Crippen LogP contribution in [0.15, 0.2) is 70.5 Å². The fourth-order valence-electron chi connectivity index (χ4n) is 3.55. The second-order valence-electron chi connectivity index (χ2n) is 7.09. The van der Waals surface area contributed by atoms with Crippen LogP contribution in [0.4, 0.5) is 0 Å². The smallest absolute Gasteiger partial charge is 0.205 e. The highest BCUT2D eigenvalue weighted by Crippen LogP contribution is 2.47. The van der Waals surface area contributed by atoms with Crippen molar-refractivity contribution in [3.05, 3.63) is 92.2 Å². The van der Waals surface area contributed by atoms with Gasteiger partial charge in [0.15, 0.2) is 11.5 Å². The Balaban J connectivity index is 1.74. The number of phenols is 1. The molecule has 162 valence electrons. The minimum absolute atomic E-state index is 0.00969. The zero-order chi connectivity index (χ0) is 22.8. The van der Waals surface area contributed by atoms with E-state index in [4.69, 9.17) is 31.5 Å². The van der Waals surface area contributed by atoms with Crippen LogP contribution in [0.3, 0.4) is 0 Å². The van der Waals surface area contributed by atoms with Crippen molar-refractivity contribution in [1.82, 2.24) is 0 Å². The first-order valence-electron chi connectivity index (χ1n) is 9.56. The Bertz CT molecular complexity index is 1250. The van der Waals surface area contributed by atoms with Crippen LogP contribution >= 0.6 is 27.5 Å². The van der Waals surface area contributed by atoms with Crippen molar-refractivity contribution in [3.8, 4) is 29.1 Å². The van der Waals surface area contributed by atoms with Gasteiger partial charge in [0.05, 0.1) is 13.0 Å². The van der Waals surface area contributed by atoms with E-state index in [1.807, 2.05) is 12.1 Å². The molecular formula is C24H18BrClN2O4. The average Bonchev–Trinajstić information content (AvgIpc) is 2.78. The molecule has 0 radical (unpaired) electrons. The summed E-state index contributed by atoms with van der Waals surface area (Å²) in [5.74, 6) is 0.938. The highest BCUT2D eigenvalue weighted by atomic mass is 79.9. The monoisotopic (exact) mass is 512 g/mol. The van der Waals surface area contributed by atoms with E-state index in [-0.39, 0.29) is 17.2 Å². The van der Waals surface area contributed by atoms with E-state index in [0.29, 0.717) is 38.9 Å². The summed E-state index contributed by atoms with van der Waals surface area (Å²) in [4.78, 5) is 0. The van der Waals surface area contributed by atoms with Crippen LogP contribution in [0.1, 0.15) is 22.6 Å². The van der Waals surface area contributed by atoms with Crippen LogP contribution in [0.2, 0.25) is 5.02 Å². The van der Waals surface area contributed by atoms with E-state index in [9.17, 15) is 10.4 Å². The quantitative estimate of drug-likeness (QED) is 0.460. The van der Waals surface area contributed by atoms with Crippen LogP contribution in [-0.4, -0.2) is 12.2 Å². The van der Waals surface area contributed by atoms with Gasteiger partial charge in [0.25, 0.3) is 0 Å². The first kappa shape index (κ1) is 21.9. The number of hydrogen-bond donors (Lipinski definition) is 2. The standard InChI is InChI=1S/C24H18BrClN2O4/c1-30-21-9-17(19(25)10-22(21)31-12-13-2-4-14(26)5-3-13)23-16-7-6-15(29)8-20(16)32-24(28)18(23)11-27/h2-10,23,29H,12,28H2,1H3/t23-/m0/s1. The van der Waals surface area contributed by atoms with Crippen molar-refractivity contribution in [1.29, 1.82) is 5.26 Å². The third-order valence-electron chi connectivity index (χ3n) is 5.10. The zero-order valence-corrected chi connectivity index (χ0v) is 19.3. The van der Waals surface area contributed by atoms with Gasteiger partial charge < -0.3 is 25.1 Å². The van der Waals surface area contributed by atoms with Crippen molar-refractivity contribution in [3.63, 3.8) is 0 Å². The van der Waals surface area contributed by atoms with E-state index in [2.05, 4.69) is 22.0 Å². The summed E-state index contributed by atoms with van der Waals surface area (Å²) in [6.45, 7) is 0.328. The summed E-state index contributed by atoms with van der Waals surface area (Å²) in [6.07, 6.45) is 0. The number of rotatable bonds is 5. The number of phenolic OH excluding ortho intramolecular Hbond substituents is 1. The second-order valence-corrected chi connectivity index (χ2v) is 8.38. The lowest BCUT2D eigenvalue weighted by Gasteiger charge is -2.27. The summed E-state index contributed by atoms with van der Waals surface area (Å²) in [5.41, 5.74) is 8.69. The number of fused-ring (bicyclic) bond motifs is 1. The molecule has 1 atom stereocenters. The van der Waals surface area contributed by atoms with Gasteiger partial charge in [-0.15, -0.1) is 0 Å². The average molecular weight is 514 g/mol. The summed E-state index contributed by atoms with van der Waals surface area (Å²) >= 11 is 9.55. The topological polar surface area (TPSA) is 97.7 Å². The molecule has 0 saturated heterocycles. The fraction of sp³-hybridized carbons (Fsp3) is 0.125. The number of nitriles is 1. The Morgan fingerprint density at radius 2 is 1.88 bits per heavy atom. The van der Waals surface area contributed by atoms with E-state index >= 15 is 0 Å². The maximum absolute atomic E-state index is 9.84. The number of aromatic hydroxyl groups is 1. The number of benzene rings is 3. The molecule has 1 aliphatic heterocycles. The van der Waals surface area contributed by atoms with Gasteiger partial charge in [-0.2, -0.15) is 5.26 Å². The van der Waals surface area contributed by atoms with Crippen LogP contribution < -0.4 is 19.9 Å². The van der Waals surface area contributed by atoms with Crippen LogP contribution in [0.5, 0.6) is 23.0 Å². The van der Waals surface area contributed by atoms with Gasteiger partial charge in [-0.05, 0) is 41.5 Å². The normalized spacial score (nSPS) is 14.9. The van der Waals surface area contributed by atoms with E-state index in [1.54, 1.807) is 43.5 Å². The SMILES string of the molecule is COc1cc([C@H]2C(C#N)=C(N)Oc3cc(O)ccc32)c(Br)cc1OCc1ccc(Cl)cc1. The third kappa shape index (κ3) is 4.20. The molecule has 0 unspecified atom stereocenters. The second kappa shape index (κ2) is 9.03. The molecule has 0 aromatic heterocycles. The molecule has 1 heterocycles. The summed E-state index contributed by atoms with van der Waals surface area (Å²) in [5, 5.41) is 20.3. The number of nitrogens with zero attached hydrogens (tertiary/aromatic N) is 1. The Morgan fingerprint density at radius 1 is 1.12 bits per heavy atom. The third-order valence-corrected chi connectivity index (χ3v) is 6.04. The Hall–Kier alpha value is -3.34. The molecule has 3 aromatic rings. The van der Waals surface area contributed by atoms with Gasteiger partial charge in [0, 0.05) is 21.1 Å². The van der Waals surface area contributed by atoms with Crippen LogP contribution in [0.25, 0.3) is 0 Å². The predicted octanol–water partition coefficient (Wildman–Crippen LogP) is 5.61. The predicted molar refractivity (Wildman–Crippen MR) is 124 cm³/mol. The first-order chi connectivity index (χ1) is 15.4. The maximum Gasteiger partial charge on any atom is 0.205 e. The summed E-state index contributed by atoms with van der Waals surface area (Å²) < 4.78 is 17.8. The van der Waals surface area contributed by atoms with Gasteiger partial charge in [-0.25, -0.2) is 0 Å². The molecule has 32 heavy (non-hydrogen) atoms. The van der Waals surface area contributed by atoms with Gasteiger partial charge >= 0.3 is 0 Å². The molecule has 6 nitrogen and oxygen atoms in total. The van der Waals surface area contributed by atoms with Crippen molar-refractivity contribution in [2.75, 3.05) is 7.11 Å². The number of hydrogen-bond acceptors (Lipinski definition) is 6. The first-order valence-corrected chi connectivity index (χ1v) is 10.7. The van der Waals surface area contributed by atoms with Gasteiger partial charge in [0.1, 0.15) is 29.7 Å². The van der Waals surface area contributed by atoms with E-state index < -0.39 is 5.92 Å². The van der Waals surface area contributed by atoms with E-state index in [1.165, 1.54) is 6.07 Å².